The molecule has 0 rings (SSSR count). The zero-order chi connectivity index (χ0) is 6.57. The second-order valence-electron chi connectivity index (χ2n) is 1.85. The number of ether oxygens (including phenoxy) is 1. The van der Waals surface area contributed by atoms with Crippen LogP contribution in [0.2, 0.25) is 0 Å². The fraction of sp³-hybridized carbons (Fsp3) is 0.833. The minimum atomic E-state index is 0.754. The van der Waals surface area contributed by atoms with Gasteiger partial charge in [0, 0.05) is 0 Å². The molecule has 0 unspecified atom stereocenters. The predicted molar refractivity (Wildman–Crippen MR) is 34.4 cm³/mol. The SMILES string of the molecule is CCOC(C)=[N+](C)C. The molecular formula is C6H14NO+. The number of nitrogens with zero attached hydrogens (tertiary/aromatic N) is 1. The lowest BCUT2D eigenvalue weighted by Gasteiger charge is -1.96. The van der Waals surface area contributed by atoms with Gasteiger partial charge in [0.25, 0.3) is 0 Å². The van der Waals surface area contributed by atoms with E-state index in [1.54, 1.807) is 0 Å². The molecule has 2 nitrogen and oxygen atoms in total. The van der Waals surface area contributed by atoms with Crippen LogP contribution in [0.3, 0.4) is 0 Å². The molecule has 8 heavy (non-hydrogen) atoms. The standard InChI is InChI=1S/C6H14NO/c1-5-8-6(2)7(3)4/h5H2,1-4H3/q+1. The molecule has 0 aliphatic carbocycles. The Balaban J connectivity index is 3.62. The smallest absolute Gasteiger partial charge is 0.332 e. The molecule has 0 saturated heterocycles. The minimum absolute atomic E-state index is 0.754. The van der Waals surface area contributed by atoms with Crippen molar-refractivity contribution in [2.45, 2.75) is 13.8 Å². The average Bonchev–Trinajstić information content (AvgIpc) is 1.67. The van der Waals surface area contributed by atoms with Gasteiger partial charge in [-0.2, -0.15) is 0 Å². The summed E-state index contributed by atoms with van der Waals surface area (Å²) in [6.07, 6.45) is 0. The van der Waals surface area contributed by atoms with E-state index in [4.69, 9.17) is 4.74 Å². The number of hydrogen-bond acceptors (Lipinski definition) is 1. The molecule has 0 amide bonds. The van der Waals surface area contributed by atoms with Crippen molar-refractivity contribution in [3.8, 4) is 0 Å². The second kappa shape index (κ2) is 3.47. The molecule has 0 saturated carbocycles. The van der Waals surface area contributed by atoms with Crippen LogP contribution in [0.1, 0.15) is 13.8 Å². The van der Waals surface area contributed by atoms with Crippen molar-refractivity contribution in [1.82, 2.24) is 0 Å². The van der Waals surface area contributed by atoms with Gasteiger partial charge in [0.1, 0.15) is 14.1 Å². The first-order chi connectivity index (χ1) is 3.68. The van der Waals surface area contributed by atoms with Crippen LogP contribution in [-0.4, -0.2) is 31.2 Å². The molecule has 2 heteroatoms. The molecule has 0 fully saturated rings. The van der Waals surface area contributed by atoms with Crippen molar-refractivity contribution in [2.24, 2.45) is 0 Å². The molecule has 0 spiro atoms. The van der Waals surface area contributed by atoms with Crippen molar-refractivity contribution in [1.29, 1.82) is 0 Å². The monoisotopic (exact) mass is 116 g/mol. The number of rotatable bonds is 1. The lowest BCUT2D eigenvalue weighted by Crippen LogP contribution is -2.12. The first kappa shape index (κ1) is 7.47. The quantitative estimate of drug-likeness (QED) is 0.279. The van der Waals surface area contributed by atoms with E-state index < -0.39 is 0 Å². The van der Waals surface area contributed by atoms with Gasteiger partial charge in [0.05, 0.1) is 13.5 Å². The Morgan fingerprint density at radius 2 is 2.00 bits per heavy atom. The van der Waals surface area contributed by atoms with Gasteiger partial charge in [0.2, 0.25) is 0 Å². The van der Waals surface area contributed by atoms with Gasteiger partial charge in [-0.25, -0.2) is 4.58 Å². The summed E-state index contributed by atoms with van der Waals surface area (Å²) in [5, 5.41) is 0. The van der Waals surface area contributed by atoms with E-state index in [0.717, 1.165) is 12.5 Å². The van der Waals surface area contributed by atoms with E-state index in [0.29, 0.717) is 0 Å². The summed E-state index contributed by atoms with van der Waals surface area (Å²) in [5.41, 5.74) is 0. The van der Waals surface area contributed by atoms with Crippen LogP contribution in [0.25, 0.3) is 0 Å². The van der Waals surface area contributed by atoms with Crippen molar-refractivity contribution < 1.29 is 9.31 Å². The Labute approximate surface area is 50.8 Å². The van der Waals surface area contributed by atoms with E-state index in [-0.39, 0.29) is 0 Å². The molecule has 0 aromatic carbocycles. The second-order valence-corrected chi connectivity index (χ2v) is 1.85. The van der Waals surface area contributed by atoms with Crippen LogP contribution >= 0.6 is 0 Å². The van der Waals surface area contributed by atoms with Crippen LogP contribution in [0.4, 0.5) is 0 Å². The fourth-order valence-corrected chi connectivity index (χ4v) is 0.338. The molecule has 0 heterocycles. The highest BCUT2D eigenvalue weighted by molar-refractivity contribution is 5.67. The van der Waals surface area contributed by atoms with E-state index in [1.807, 2.05) is 32.5 Å². The minimum Gasteiger partial charge on any atom is -0.449 e. The maximum atomic E-state index is 5.15. The Bertz CT molecular complexity index is 92.7. The fourth-order valence-electron chi connectivity index (χ4n) is 0.338. The van der Waals surface area contributed by atoms with Crippen LogP contribution < -0.4 is 0 Å². The molecule has 0 aliphatic heterocycles. The van der Waals surface area contributed by atoms with Crippen LogP contribution in [0.5, 0.6) is 0 Å². The maximum Gasteiger partial charge on any atom is 0.332 e. The summed E-state index contributed by atoms with van der Waals surface area (Å²) in [5.74, 6) is 0.965. The van der Waals surface area contributed by atoms with Crippen molar-refractivity contribution in [3.63, 3.8) is 0 Å². The molecule has 0 aromatic heterocycles. The Morgan fingerprint density at radius 1 is 1.50 bits per heavy atom. The van der Waals surface area contributed by atoms with E-state index in [2.05, 4.69) is 0 Å². The summed E-state index contributed by atoms with van der Waals surface area (Å²) in [6.45, 7) is 4.68. The largest absolute Gasteiger partial charge is 0.449 e. The van der Waals surface area contributed by atoms with Gasteiger partial charge in [-0.3, -0.25) is 0 Å². The molecule has 48 valence electrons. The van der Waals surface area contributed by atoms with Crippen LogP contribution in [-0.2, 0) is 4.74 Å². The molecule has 0 radical (unpaired) electrons. The molecule has 0 aromatic rings. The van der Waals surface area contributed by atoms with E-state index in [9.17, 15) is 0 Å². The average molecular weight is 116 g/mol. The van der Waals surface area contributed by atoms with Gasteiger partial charge < -0.3 is 4.74 Å². The maximum absolute atomic E-state index is 5.15. The zero-order valence-corrected chi connectivity index (χ0v) is 6.06. The molecule has 0 bridgehead atoms. The summed E-state index contributed by atoms with van der Waals surface area (Å²) in [6, 6.07) is 0. The Kier molecular flexibility index (Phi) is 3.24. The molecule has 0 atom stereocenters. The van der Waals surface area contributed by atoms with E-state index in [1.165, 1.54) is 0 Å². The van der Waals surface area contributed by atoms with Gasteiger partial charge in [-0.1, -0.05) is 0 Å². The lowest BCUT2D eigenvalue weighted by molar-refractivity contribution is -0.474. The van der Waals surface area contributed by atoms with Crippen LogP contribution in [0, 0.1) is 0 Å². The van der Waals surface area contributed by atoms with Gasteiger partial charge in [-0.05, 0) is 6.92 Å². The third-order valence-electron chi connectivity index (χ3n) is 0.983. The van der Waals surface area contributed by atoms with Gasteiger partial charge in [0.15, 0.2) is 0 Å². The van der Waals surface area contributed by atoms with E-state index >= 15 is 0 Å². The normalized spacial score (nSPS) is 8.50. The first-order valence-electron chi connectivity index (χ1n) is 2.82. The summed E-state index contributed by atoms with van der Waals surface area (Å²) >= 11 is 0. The molecule has 0 N–H and O–H groups in total. The van der Waals surface area contributed by atoms with Crippen LogP contribution in [0.15, 0.2) is 0 Å². The highest BCUT2D eigenvalue weighted by Gasteiger charge is 1.95. The summed E-state index contributed by atoms with van der Waals surface area (Å²) in [4.78, 5) is 0. The van der Waals surface area contributed by atoms with Crippen molar-refractivity contribution in [2.75, 3.05) is 20.7 Å². The van der Waals surface area contributed by atoms with Crippen molar-refractivity contribution >= 4 is 5.90 Å². The lowest BCUT2D eigenvalue weighted by atomic mass is 10.7. The summed E-state index contributed by atoms with van der Waals surface area (Å²) in [7, 11) is 3.93. The number of hydrogen-bond donors (Lipinski definition) is 0. The Hall–Kier alpha value is -0.530. The zero-order valence-electron chi connectivity index (χ0n) is 6.06. The third kappa shape index (κ3) is 2.61. The Morgan fingerprint density at radius 3 is 2.12 bits per heavy atom. The highest BCUT2D eigenvalue weighted by atomic mass is 16.5. The predicted octanol–water partition coefficient (Wildman–Crippen LogP) is 0.713. The third-order valence-corrected chi connectivity index (χ3v) is 0.983. The van der Waals surface area contributed by atoms with Gasteiger partial charge >= 0.3 is 5.90 Å². The summed E-state index contributed by atoms with van der Waals surface area (Å²) < 4.78 is 7.09. The van der Waals surface area contributed by atoms with Gasteiger partial charge in [-0.15, -0.1) is 0 Å². The topological polar surface area (TPSA) is 12.2 Å². The molecule has 0 aliphatic rings. The first-order valence-corrected chi connectivity index (χ1v) is 2.82. The van der Waals surface area contributed by atoms with Crippen molar-refractivity contribution in [3.05, 3.63) is 0 Å². The highest BCUT2D eigenvalue weighted by Crippen LogP contribution is 1.75. The molecular weight excluding hydrogens is 102 g/mol.